The van der Waals surface area contributed by atoms with Crippen molar-refractivity contribution in [3.8, 4) is 11.5 Å². The third-order valence-electron chi connectivity index (χ3n) is 4.83. The van der Waals surface area contributed by atoms with Gasteiger partial charge < -0.3 is 20.5 Å². The Bertz CT molecular complexity index is 805. The van der Waals surface area contributed by atoms with E-state index in [1.807, 2.05) is 69.3 Å². The second kappa shape index (κ2) is 9.29. The number of carbonyl (C=O) groups is 1. The molecule has 0 aliphatic carbocycles. The fraction of sp³-hybridized carbons (Fsp3) is 0.435. The van der Waals surface area contributed by atoms with Crippen molar-refractivity contribution >= 4 is 6.09 Å². The average molecular weight is 398 g/mol. The average Bonchev–Trinajstić information content (AvgIpc) is 3.10. The summed E-state index contributed by atoms with van der Waals surface area (Å²) in [6, 6.07) is 17.9. The van der Waals surface area contributed by atoms with Gasteiger partial charge in [0.25, 0.3) is 0 Å². The molecule has 1 aliphatic rings. The van der Waals surface area contributed by atoms with Crippen molar-refractivity contribution in [3.63, 3.8) is 0 Å². The van der Waals surface area contributed by atoms with Gasteiger partial charge in [-0.3, -0.25) is 4.90 Å². The first kappa shape index (κ1) is 21.1. The number of rotatable bonds is 6. The number of ether oxygens (including phenoxy) is 2. The molecule has 1 fully saturated rings. The summed E-state index contributed by atoms with van der Waals surface area (Å²) in [6.07, 6.45) is 0.502. The monoisotopic (exact) mass is 397 g/mol. The summed E-state index contributed by atoms with van der Waals surface area (Å²) < 4.78 is 11.3. The Balaban J connectivity index is 1.63. The van der Waals surface area contributed by atoms with Gasteiger partial charge >= 0.3 is 6.09 Å². The van der Waals surface area contributed by atoms with Crippen LogP contribution in [0.1, 0.15) is 38.8 Å². The Morgan fingerprint density at radius 2 is 1.90 bits per heavy atom. The number of para-hydroxylation sites is 1. The molecule has 29 heavy (non-hydrogen) atoms. The maximum Gasteiger partial charge on any atom is 0.407 e. The first-order valence-electron chi connectivity index (χ1n) is 10.1. The molecule has 0 radical (unpaired) electrons. The number of hydrogen-bond donors (Lipinski definition) is 2. The van der Waals surface area contributed by atoms with Crippen molar-refractivity contribution < 1.29 is 14.3 Å². The lowest BCUT2D eigenvalue weighted by molar-refractivity contribution is 0.0504. The minimum atomic E-state index is -0.499. The van der Waals surface area contributed by atoms with Crippen LogP contribution in [0.15, 0.2) is 54.6 Å². The van der Waals surface area contributed by atoms with E-state index in [1.165, 1.54) is 0 Å². The van der Waals surface area contributed by atoms with Crippen LogP contribution in [0, 0.1) is 0 Å². The van der Waals surface area contributed by atoms with E-state index in [4.69, 9.17) is 15.2 Å². The van der Waals surface area contributed by atoms with Gasteiger partial charge in [-0.05, 0) is 57.0 Å². The molecule has 2 aromatic rings. The minimum Gasteiger partial charge on any atom is -0.457 e. The lowest BCUT2D eigenvalue weighted by atomic mass is 10.1. The summed E-state index contributed by atoms with van der Waals surface area (Å²) in [5, 5.41) is 2.97. The smallest absolute Gasteiger partial charge is 0.407 e. The molecule has 0 saturated carbocycles. The SMILES string of the molecule is CC(C)(C)OC(=O)N[C@H]1CCN([C@H](CN)c2cccc(Oc3ccccc3)c2)C1. The maximum atomic E-state index is 12.1. The number of nitrogens with zero attached hydrogens (tertiary/aromatic N) is 1. The lowest BCUT2D eigenvalue weighted by Gasteiger charge is -2.27. The highest BCUT2D eigenvalue weighted by Gasteiger charge is 2.30. The molecule has 6 nitrogen and oxygen atoms in total. The zero-order chi connectivity index (χ0) is 20.9. The predicted molar refractivity (Wildman–Crippen MR) is 114 cm³/mol. The first-order chi connectivity index (χ1) is 13.8. The quantitative estimate of drug-likeness (QED) is 0.768. The third kappa shape index (κ3) is 6.21. The van der Waals surface area contributed by atoms with Crippen molar-refractivity contribution in [2.45, 2.75) is 44.9 Å². The van der Waals surface area contributed by atoms with E-state index >= 15 is 0 Å². The Morgan fingerprint density at radius 1 is 1.17 bits per heavy atom. The van der Waals surface area contributed by atoms with Crippen LogP contribution in [0.3, 0.4) is 0 Å². The van der Waals surface area contributed by atoms with E-state index in [0.29, 0.717) is 6.54 Å². The standard InChI is InChI=1S/C23H31N3O3/c1-23(2,3)29-22(27)25-18-12-13-26(16-18)21(15-24)17-8-7-11-20(14-17)28-19-9-5-4-6-10-19/h4-11,14,18,21H,12-13,15-16,24H2,1-3H3,(H,25,27)/t18-,21+/m0/s1. The van der Waals surface area contributed by atoms with Crippen molar-refractivity contribution in [1.29, 1.82) is 0 Å². The molecule has 3 N–H and O–H groups in total. The van der Waals surface area contributed by atoms with Crippen LogP contribution in [0.25, 0.3) is 0 Å². The van der Waals surface area contributed by atoms with E-state index in [9.17, 15) is 4.79 Å². The van der Waals surface area contributed by atoms with E-state index < -0.39 is 5.60 Å². The van der Waals surface area contributed by atoms with Crippen LogP contribution in [0.5, 0.6) is 11.5 Å². The summed E-state index contributed by atoms with van der Waals surface area (Å²) in [7, 11) is 0. The van der Waals surface area contributed by atoms with E-state index in [0.717, 1.165) is 36.6 Å². The highest BCUT2D eigenvalue weighted by atomic mass is 16.6. The summed E-state index contributed by atoms with van der Waals surface area (Å²) in [4.78, 5) is 14.4. The normalized spacial score (nSPS) is 18.3. The molecular weight excluding hydrogens is 366 g/mol. The van der Waals surface area contributed by atoms with Crippen molar-refractivity contribution in [1.82, 2.24) is 10.2 Å². The number of amides is 1. The third-order valence-corrected chi connectivity index (χ3v) is 4.83. The Morgan fingerprint density at radius 3 is 2.59 bits per heavy atom. The second-order valence-corrected chi connectivity index (χ2v) is 8.37. The molecule has 0 unspecified atom stereocenters. The molecule has 1 saturated heterocycles. The molecule has 0 bridgehead atoms. The van der Waals surface area contributed by atoms with Gasteiger partial charge in [-0.1, -0.05) is 30.3 Å². The molecule has 2 aromatic carbocycles. The molecule has 1 heterocycles. The molecular formula is C23H31N3O3. The molecule has 0 aromatic heterocycles. The number of carbonyl (C=O) groups excluding carboxylic acids is 1. The zero-order valence-electron chi connectivity index (χ0n) is 17.4. The topological polar surface area (TPSA) is 76.8 Å². The van der Waals surface area contributed by atoms with Crippen LogP contribution in [-0.4, -0.2) is 42.3 Å². The van der Waals surface area contributed by atoms with Gasteiger partial charge in [0.2, 0.25) is 0 Å². The van der Waals surface area contributed by atoms with Gasteiger partial charge in [0.05, 0.1) is 0 Å². The van der Waals surface area contributed by atoms with Gasteiger partial charge in [-0.25, -0.2) is 4.79 Å². The Labute approximate surface area is 173 Å². The number of nitrogens with two attached hydrogens (primary N) is 1. The van der Waals surface area contributed by atoms with Crippen LogP contribution < -0.4 is 15.8 Å². The van der Waals surface area contributed by atoms with Crippen LogP contribution >= 0.6 is 0 Å². The van der Waals surface area contributed by atoms with Gasteiger partial charge in [0, 0.05) is 31.7 Å². The Hall–Kier alpha value is -2.57. The fourth-order valence-corrected chi connectivity index (χ4v) is 3.57. The lowest BCUT2D eigenvalue weighted by Crippen LogP contribution is -2.41. The Kier molecular flexibility index (Phi) is 6.77. The zero-order valence-corrected chi connectivity index (χ0v) is 17.4. The molecule has 3 rings (SSSR count). The van der Waals surface area contributed by atoms with Crippen molar-refractivity contribution in [3.05, 3.63) is 60.2 Å². The number of benzene rings is 2. The minimum absolute atomic E-state index is 0.0580. The highest BCUT2D eigenvalue weighted by Crippen LogP contribution is 2.29. The van der Waals surface area contributed by atoms with E-state index in [-0.39, 0.29) is 18.2 Å². The molecule has 1 aliphatic heterocycles. The van der Waals surface area contributed by atoms with E-state index in [2.05, 4.69) is 16.3 Å². The second-order valence-electron chi connectivity index (χ2n) is 8.37. The number of hydrogen-bond acceptors (Lipinski definition) is 5. The van der Waals surface area contributed by atoms with Gasteiger partial charge in [-0.15, -0.1) is 0 Å². The molecule has 0 spiro atoms. The maximum absolute atomic E-state index is 12.1. The summed E-state index contributed by atoms with van der Waals surface area (Å²) >= 11 is 0. The number of likely N-dealkylation sites (tertiary alicyclic amines) is 1. The molecule has 6 heteroatoms. The number of alkyl carbamates (subject to hydrolysis) is 1. The largest absolute Gasteiger partial charge is 0.457 e. The highest BCUT2D eigenvalue weighted by molar-refractivity contribution is 5.68. The summed E-state index contributed by atoms with van der Waals surface area (Å²) in [5.41, 5.74) is 6.73. The van der Waals surface area contributed by atoms with Gasteiger partial charge in [0.1, 0.15) is 17.1 Å². The van der Waals surface area contributed by atoms with Crippen LogP contribution in [0.2, 0.25) is 0 Å². The molecule has 1 amide bonds. The summed E-state index contributed by atoms with van der Waals surface area (Å²) in [6.45, 7) is 7.69. The van der Waals surface area contributed by atoms with Gasteiger partial charge in [0.15, 0.2) is 0 Å². The first-order valence-corrected chi connectivity index (χ1v) is 10.1. The van der Waals surface area contributed by atoms with E-state index in [1.54, 1.807) is 0 Å². The molecule has 2 atom stereocenters. The van der Waals surface area contributed by atoms with Gasteiger partial charge in [-0.2, -0.15) is 0 Å². The molecule has 156 valence electrons. The van der Waals surface area contributed by atoms with Crippen LogP contribution in [0.4, 0.5) is 4.79 Å². The number of nitrogens with one attached hydrogen (secondary N) is 1. The predicted octanol–water partition coefficient (Wildman–Crippen LogP) is 4.08. The summed E-state index contributed by atoms with van der Waals surface area (Å²) in [5.74, 6) is 1.59. The van der Waals surface area contributed by atoms with Crippen LogP contribution in [-0.2, 0) is 4.74 Å². The van der Waals surface area contributed by atoms with Crippen molar-refractivity contribution in [2.75, 3.05) is 19.6 Å². The fourth-order valence-electron chi connectivity index (χ4n) is 3.57. The van der Waals surface area contributed by atoms with Crippen molar-refractivity contribution in [2.24, 2.45) is 5.73 Å².